The molecule has 0 radical (unpaired) electrons. The SMILES string of the molecule is CCCCOCCOCC(O)CNC1CCCCCC1. The van der Waals surface area contributed by atoms with E-state index in [1.165, 1.54) is 38.5 Å². The van der Waals surface area contributed by atoms with Crippen molar-refractivity contribution < 1.29 is 14.6 Å². The minimum absolute atomic E-state index is 0.400. The Morgan fingerprint density at radius 2 is 1.75 bits per heavy atom. The van der Waals surface area contributed by atoms with Gasteiger partial charge in [-0.15, -0.1) is 0 Å². The third kappa shape index (κ3) is 9.70. The Hall–Kier alpha value is -0.160. The van der Waals surface area contributed by atoms with Gasteiger partial charge >= 0.3 is 0 Å². The van der Waals surface area contributed by atoms with Crippen molar-refractivity contribution in [3.05, 3.63) is 0 Å². The standard InChI is InChI=1S/C16H33NO3/c1-2-3-10-19-11-12-20-14-16(18)13-17-15-8-6-4-5-7-9-15/h15-18H,2-14H2,1H3. The minimum atomic E-state index is -0.408. The van der Waals surface area contributed by atoms with Gasteiger partial charge in [0.05, 0.1) is 25.9 Å². The number of aliphatic hydroxyl groups excluding tert-OH is 1. The lowest BCUT2D eigenvalue weighted by Gasteiger charge is -2.19. The molecule has 20 heavy (non-hydrogen) atoms. The smallest absolute Gasteiger partial charge is 0.0897 e. The summed E-state index contributed by atoms with van der Waals surface area (Å²) in [4.78, 5) is 0. The minimum Gasteiger partial charge on any atom is -0.389 e. The van der Waals surface area contributed by atoms with Crippen LogP contribution in [0.3, 0.4) is 0 Å². The monoisotopic (exact) mass is 287 g/mol. The predicted octanol–water partition coefficient (Wildman–Crippen LogP) is 2.49. The highest BCUT2D eigenvalue weighted by molar-refractivity contribution is 4.72. The number of aliphatic hydroxyl groups is 1. The van der Waals surface area contributed by atoms with Crippen LogP contribution in [0.2, 0.25) is 0 Å². The van der Waals surface area contributed by atoms with Crippen molar-refractivity contribution in [3.8, 4) is 0 Å². The van der Waals surface area contributed by atoms with Gasteiger partial charge in [0.15, 0.2) is 0 Å². The summed E-state index contributed by atoms with van der Waals surface area (Å²) >= 11 is 0. The summed E-state index contributed by atoms with van der Waals surface area (Å²) in [6, 6.07) is 0.588. The Morgan fingerprint density at radius 3 is 2.45 bits per heavy atom. The van der Waals surface area contributed by atoms with Crippen LogP contribution in [-0.2, 0) is 9.47 Å². The predicted molar refractivity (Wildman–Crippen MR) is 82.0 cm³/mol. The molecule has 4 heteroatoms. The summed E-state index contributed by atoms with van der Waals surface area (Å²) in [6.07, 6.45) is 9.72. The molecule has 1 atom stereocenters. The van der Waals surface area contributed by atoms with Gasteiger partial charge in [-0.25, -0.2) is 0 Å². The van der Waals surface area contributed by atoms with E-state index in [2.05, 4.69) is 12.2 Å². The highest BCUT2D eigenvalue weighted by Crippen LogP contribution is 2.16. The van der Waals surface area contributed by atoms with Crippen molar-refractivity contribution in [1.29, 1.82) is 0 Å². The number of unbranched alkanes of at least 4 members (excludes halogenated alkanes) is 1. The first-order chi connectivity index (χ1) is 9.83. The lowest BCUT2D eigenvalue weighted by atomic mass is 10.1. The second kappa shape index (κ2) is 12.6. The van der Waals surface area contributed by atoms with Gasteiger partial charge in [0, 0.05) is 19.2 Å². The van der Waals surface area contributed by atoms with Crippen LogP contribution in [0.5, 0.6) is 0 Å². The molecule has 0 amide bonds. The lowest BCUT2D eigenvalue weighted by molar-refractivity contribution is 0.00308. The van der Waals surface area contributed by atoms with Gasteiger partial charge in [-0.1, -0.05) is 39.0 Å². The Labute approximate surface area is 124 Å². The second-order valence-electron chi connectivity index (χ2n) is 5.79. The van der Waals surface area contributed by atoms with E-state index in [1.807, 2.05) is 0 Å². The van der Waals surface area contributed by atoms with E-state index in [0.717, 1.165) is 19.4 Å². The normalized spacial score (nSPS) is 18.9. The Morgan fingerprint density at radius 1 is 1.05 bits per heavy atom. The first-order valence-electron chi connectivity index (χ1n) is 8.40. The summed E-state index contributed by atoms with van der Waals surface area (Å²) in [6.45, 7) is 5.20. The number of ether oxygens (including phenoxy) is 2. The van der Waals surface area contributed by atoms with Crippen molar-refractivity contribution in [2.75, 3.05) is 33.0 Å². The molecular weight excluding hydrogens is 254 g/mol. The van der Waals surface area contributed by atoms with Crippen LogP contribution in [0.4, 0.5) is 0 Å². The molecule has 1 aliphatic rings. The highest BCUT2D eigenvalue weighted by Gasteiger charge is 2.13. The van der Waals surface area contributed by atoms with Gasteiger partial charge in [0.25, 0.3) is 0 Å². The number of rotatable bonds is 11. The average molecular weight is 287 g/mol. The number of nitrogens with one attached hydrogen (secondary N) is 1. The second-order valence-corrected chi connectivity index (χ2v) is 5.79. The average Bonchev–Trinajstić information content (AvgIpc) is 2.73. The molecule has 2 N–H and O–H groups in total. The fourth-order valence-corrected chi connectivity index (χ4v) is 2.53. The van der Waals surface area contributed by atoms with Crippen LogP contribution in [-0.4, -0.2) is 50.2 Å². The summed E-state index contributed by atoms with van der Waals surface area (Å²) in [5.74, 6) is 0. The quantitative estimate of drug-likeness (QED) is 0.453. The van der Waals surface area contributed by atoms with E-state index in [-0.39, 0.29) is 0 Å². The van der Waals surface area contributed by atoms with E-state index in [1.54, 1.807) is 0 Å². The van der Waals surface area contributed by atoms with Crippen LogP contribution >= 0.6 is 0 Å². The van der Waals surface area contributed by atoms with Gasteiger partial charge < -0.3 is 19.9 Å². The Kier molecular flexibility index (Phi) is 11.2. The number of hydrogen-bond donors (Lipinski definition) is 2. The maximum atomic E-state index is 9.86. The van der Waals surface area contributed by atoms with Crippen molar-refractivity contribution >= 4 is 0 Å². The van der Waals surface area contributed by atoms with Crippen LogP contribution in [0, 0.1) is 0 Å². The van der Waals surface area contributed by atoms with E-state index >= 15 is 0 Å². The molecule has 120 valence electrons. The summed E-state index contributed by atoms with van der Waals surface area (Å²) in [5, 5.41) is 13.3. The zero-order valence-corrected chi connectivity index (χ0v) is 13.1. The van der Waals surface area contributed by atoms with E-state index in [9.17, 15) is 5.11 Å². The third-order valence-corrected chi connectivity index (χ3v) is 3.82. The Balaban J connectivity index is 1.90. The molecule has 1 aliphatic carbocycles. The number of hydrogen-bond acceptors (Lipinski definition) is 4. The van der Waals surface area contributed by atoms with E-state index in [0.29, 0.717) is 32.4 Å². The first-order valence-corrected chi connectivity index (χ1v) is 8.40. The van der Waals surface area contributed by atoms with Crippen molar-refractivity contribution in [1.82, 2.24) is 5.32 Å². The van der Waals surface area contributed by atoms with Gasteiger partial charge in [-0.3, -0.25) is 0 Å². The topological polar surface area (TPSA) is 50.7 Å². The molecule has 1 saturated carbocycles. The molecule has 0 heterocycles. The van der Waals surface area contributed by atoms with Crippen molar-refractivity contribution in [2.24, 2.45) is 0 Å². The third-order valence-electron chi connectivity index (χ3n) is 3.82. The zero-order chi connectivity index (χ0) is 14.5. The molecule has 0 aliphatic heterocycles. The Bertz CT molecular complexity index is 206. The molecule has 0 saturated heterocycles. The lowest BCUT2D eigenvalue weighted by Crippen LogP contribution is -2.37. The van der Waals surface area contributed by atoms with Crippen LogP contribution in [0.1, 0.15) is 58.3 Å². The molecule has 1 fully saturated rings. The van der Waals surface area contributed by atoms with Crippen molar-refractivity contribution in [3.63, 3.8) is 0 Å². The maximum Gasteiger partial charge on any atom is 0.0897 e. The zero-order valence-electron chi connectivity index (χ0n) is 13.1. The summed E-state index contributed by atoms with van der Waals surface area (Å²) in [5.41, 5.74) is 0. The van der Waals surface area contributed by atoms with E-state index in [4.69, 9.17) is 9.47 Å². The summed E-state index contributed by atoms with van der Waals surface area (Å²) < 4.78 is 10.8. The molecule has 4 nitrogen and oxygen atoms in total. The summed E-state index contributed by atoms with van der Waals surface area (Å²) in [7, 11) is 0. The molecule has 1 unspecified atom stereocenters. The molecule has 0 spiro atoms. The molecule has 1 rings (SSSR count). The van der Waals surface area contributed by atoms with Gasteiger partial charge in [-0.2, -0.15) is 0 Å². The first kappa shape index (κ1) is 17.9. The van der Waals surface area contributed by atoms with Gasteiger partial charge in [-0.05, 0) is 19.3 Å². The molecule has 0 aromatic carbocycles. The molecular formula is C16H33NO3. The fourth-order valence-electron chi connectivity index (χ4n) is 2.53. The maximum absolute atomic E-state index is 9.86. The molecule has 0 aromatic heterocycles. The van der Waals surface area contributed by atoms with Gasteiger partial charge in [0.2, 0.25) is 0 Å². The van der Waals surface area contributed by atoms with Gasteiger partial charge in [0.1, 0.15) is 0 Å². The van der Waals surface area contributed by atoms with Crippen LogP contribution in [0.15, 0.2) is 0 Å². The highest BCUT2D eigenvalue weighted by atomic mass is 16.5. The van der Waals surface area contributed by atoms with E-state index < -0.39 is 6.10 Å². The molecule has 0 bridgehead atoms. The largest absolute Gasteiger partial charge is 0.389 e. The van der Waals surface area contributed by atoms with Crippen LogP contribution < -0.4 is 5.32 Å². The van der Waals surface area contributed by atoms with Crippen LogP contribution in [0.25, 0.3) is 0 Å². The molecule has 0 aromatic rings. The van der Waals surface area contributed by atoms with Crippen molar-refractivity contribution in [2.45, 2.75) is 70.4 Å². The fraction of sp³-hybridized carbons (Fsp3) is 1.00.